The minimum Gasteiger partial charge on any atom is -0.381 e. The Morgan fingerprint density at radius 2 is 2.15 bits per heavy atom. The minimum atomic E-state index is 0.771. The van der Waals surface area contributed by atoms with E-state index in [4.69, 9.17) is 10.1 Å². The molecule has 3 heteroatoms. The first-order valence-electron chi connectivity index (χ1n) is 5.26. The third-order valence-corrected chi connectivity index (χ3v) is 3.04. The molecule has 0 aromatic rings. The number of likely N-dealkylation sites (tertiary alicyclic amines) is 1. The second kappa shape index (κ2) is 4.09. The van der Waals surface area contributed by atoms with E-state index in [0.29, 0.717) is 0 Å². The van der Waals surface area contributed by atoms with E-state index in [-0.39, 0.29) is 0 Å². The highest BCUT2D eigenvalue weighted by Crippen LogP contribution is 2.19. The monoisotopic (exact) mass is 182 g/mol. The van der Waals surface area contributed by atoms with Gasteiger partial charge in [-0.2, -0.15) is 0 Å². The van der Waals surface area contributed by atoms with Crippen LogP contribution in [0.3, 0.4) is 0 Å². The molecule has 2 rings (SSSR count). The van der Waals surface area contributed by atoms with Crippen molar-refractivity contribution in [3.63, 3.8) is 0 Å². The summed E-state index contributed by atoms with van der Waals surface area (Å²) in [5, 5.41) is 7.72. The van der Waals surface area contributed by atoms with Gasteiger partial charge in [-0.3, -0.25) is 5.41 Å². The lowest BCUT2D eigenvalue weighted by molar-refractivity contribution is 0.0603. The van der Waals surface area contributed by atoms with E-state index < -0.39 is 0 Å². The molecule has 1 N–H and O–H groups in total. The molecule has 2 aliphatic heterocycles. The lowest BCUT2D eigenvalue weighted by Gasteiger charge is -2.27. The van der Waals surface area contributed by atoms with Gasteiger partial charge in [0.1, 0.15) is 0 Å². The Kier molecular flexibility index (Phi) is 2.83. The summed E-state index contributed by atoms with van der Waals surface area (Å²) in [6.07, 6.45) is 4.54. The Balaban J connectivity index is 1.79. The number of ether oxygens (including phenoxy) is 1. The van der Waals surface area contributed by atoms with Gasteiger partial charge in [-0.25, -0.2) is 0 Å². The Bertz CT molecular complexity index is 187. The lowest BCUT2D eigenvalue weighted by atomic mass is 10.00. The van der Waals surface area contributed by atoms with E-state index in [1.807, 2.05) is 0 Å². The van der Waals surface area contributed by atoms with Gasteiger partial charge in [0.2, 0.25) is 0 Å². The van der Waals surface area contributed by atoms with E-state index in [2.05, 4.69) is 4.90 Å². The molecule has 2 heterocycles. The van der Waals surface area contributed by atoms with Gasteiger partial charge < -0.3 is 9.64 Å². The van der Waals surface area contributed by atoms with Crippen molar-refractivity contribution in [3.8, 4) is 0 Å². The molecule has 0 atom stereocenters. The molecule has 0 radical (unpaired) electrons. The van der Waals surface area contributed by atoms with Gasteiger partial charge in [0.15, 0.2) is 0 Å². The van der Waals surface area contributed by atoms with Gasteiger partial charge in [-0.1, -0.05) is 0 Å². The standard InChI is InChI=1S/C10H18N2O/c11-10-2-1-5-12(10)8-9-3-6-13-7-4-9/h9,11H,1-8H2. The van der Waals surface area contributed by atoms with Crippen LogP contribution in [-0.2, 0) is 4.74 Å². The van der Waals surface area contributed by atoms with Crippen LogP contribution in [0.5, 0.6) is 0 Å². The molecular formula is C10H18N2O. The Morgan fingerprint density at radius 3 is 2.77 bits per heavy atom. The molecule has 2 fully saturated rings. The summed E-state index contributed by atoms with van der Waals surface area (Å²) in [6, 6.07) is 0. The van der Waals surface area contributed by atoms with Crippen LogP contribution >= 0.6 is 0 Å². The largest absolute Gasteiger partial charge is 0.381 e. The van der Waals surface area contributed by atoms with Crippen molar-refractivity contribution in [2.45, 2.75) is 25.7 Å². The van der Waals surface area contributed by atoms with Gasteiger partial charge >= 0.3 is 0 Å². The van der Waals surface area contributed by atoms with E-state index >= 15 is 0 Å². The minimum absolute atomic E-state index is 0.771. The zero-order valence-corrected chi connectivity index (χ0v) is 8.09. The third-order valence-electron chi connectivity index (χ3n) is 3.04. The van der Waals surface area contributed by atoms with Crippen LogP contribution in [-0.4, -0.2) is 37.0 Å². The van der Waals surface area contributed by atoms with Gasteiger partial charge in [0.05, 0.1) is 5.84 Å². The van der Waals surface area contributed by atoms with Crippen molar-refractivity contribution in [3.05, 3.63) is 0 Å². The maximum absolute atomic E-state index is 7.72. The number of rotatable bonds is 2. The van der Waals surface area contributed by atoms with Crippen molar-refractivity contribution < 1.29 is 4.74 Å². The van der Waals surface area contributed by atoms with Crippen molar-refractivity contribution >= 4 is 5.84 Å². The SMILES string of the molecule is N=C1CCCN1CC1CCOCC1. The first-order valence-corrected chi connectivity index (χ1v) is 5.26. The van der Waals surface area contributed by atoms with Crippen molar-refractivity contribution in [1.82, 2.24) is 4.90 Å². The molecule has 2 saturated heterocycles. The molecular weight excluding hydrogens is 164 g/mol. The van der Waals surface area contributed by atoms with Crippen LogP contribution in [0, 0.1) is 11.3 Å². The fraction of sp³-hybridized carbons (Fsp3) is 0.900. The van der Waals surface area contributed by atoms with Gasteiger partial charge in [0.25, 0.3) is 0 Å². The molecule has 0 saturated carbocycles. The molecule has 0 unspecified atom stereocenters. The number of nitrogens with one attached hydrogen (secondary N) is 1. The van der Waals surface area contributed by atoms with Crippen LogP contribution in [0.1, 0.15) is 25.7 Å². The molecule has 74 valence electrons. The predicted octanol–water partition coefficient (Wildman–Crippen LogP) is 1.49. The Labute approximate surface area is 79.6 Å². The highest BCUT2D eigenvalue weighted by molar-refractivity contribution is 5.80. The second-order valence-electron chi connectivity index (χ2n) is 4.05. The summed E-state index contributed by atoms with van der Waals surface area (Å²) in [5.74, 6) is 1.62. The maximum atomic E-state index is 7.72. The Morgan fingerprint density at radius 1 is 1.38 bits per heavy atom. The quantitative estimate of drug-likeness (QED) is 0.702. The maximum Gasteiger partial charge on any atom is 0.0958 e. The van der Waals surface area contributed by atoms with E-state index in [9.17, 15) is 0 Å². The summed E-state index contributed by atoms with van der Waals surface area (Å²) in [6.45, 7) is 4.05. The van der Waals surface area contributed by atoms with Crippen LogP contribution in [0.4, 0.5) is 0 Å². The molecule has 13 heavy (non-hydrogen) atoms. The van der Waals surface area contributed by atoms with Crippen LogP contribution in [0.15, 0.2) is 0 Å². The summed E-state index contributed by atoms with van der Waals surface area (Å²) >= 11 is 0. The molecule has 0 aromatic carbocycles. The van der Waals surface area contributed by atoms with Crippen molar-refractivity contribution in [2.24, 2.45) is 5.92 Å². The average Bonchev–Trinajstić information content (AvgIpc) is 2.54. The molecule has 0 bridgehead atoms. The van der Waals surface area contributed by atoms with Gasteiger partial charge in [0, 0.05) is 32.7 Å². The van der Waals surface area contributed by atoms with E-state index in [1.165, 1.54) is 19.3 Å². The third kappa shape index (κ3) is 2.21. The highest BCUT2D eigenvalue weighted by atomic mass is 16.5. The van der Waals surface area contributed by atoms with Crippen LogP contribution < -0.4 is 0 Å². The zero-order chi connectivity index (χ0) is 9.10. The van der Waals surface area contributed by atoms with Gasteiger partial charge in [-0.05, 0) is 25.2 Å². The fourth-order valence-electron chi connectivity index (χ4n) is 2.17. The summed E-state index contributed by atoms with van der Waals surface area (Å²) in [4.78, 5) is 2.25. The smallest absolute Gasteiger partial charge is 0.0958 e. The zero-order valence-electron chi connectivity index (χ0n) is 8.09. The molecule has 0 amide bonds. The van der Waals surface area contributed by atoms with Gasteiger partial charge in [-0.15, -0.1) is 0 Å². The number of hydrogen-bond donors (Lipinski definition) is 1. The van der Waals surface area contributed by atoms with Crippen molar-refractivity contribution in [1.29, 1.82) is 5.41 Å². The first kappa shape index (κ1) is 9.00. The molecule has 0 spiro atoms. The average molecular weight is 182 g/mol. The van der Waals surface area contributed by atoms with Crippen molar-refractivity contribution in [2.75, 3.05) is 26.3 Å². The number of hydrogen-bond acceptors (Lipinski definition) is 2. The topological polar surface area (TPSA) is 36.3 Å². The van der Waals surface area contributed by atoms with E-state index in [1.54, 1.807) is 0 Å². The molecule has 3 nitrogen and oxygen atoms in total. The first-order chi connectivity index (χ1) is 6.36. The second-order valence-corrected chi connectivity index (χ2v) is 4.05. The van der Waals surface area contributed by atoms with Crippen LogP contribution in [0.2, 0.25) is 0 Å². The highest BCUT2D eigenvalue weighted by Gasteiger charge is 2.22. The predicted molar refractivity (Wildman–Crippen MR) is 52.1 cm³/mol. The molecule has 2 aliphatic rings. The summed E-state index contributed by atoms with van der Waals surface area (Å²) in [7, 11) is 0. The lowest BCUT2D eigenvalue weighted by Crippen LogP contribution is -2.32. The number of nitrogens with zero attached hydrogens (tertiary/aromatic N) is 1. The Hall–Kier alpha value is -0.570. The van der Waals surface area contributed by atoms with Crippen LogP contribution in [0.25, 0.3) is 0 Å². The normalized spacial score (nSPS) is 25.5. The molecule has 0 aliphatic carbocycles. The van der Waals surface area contributed by atoms with E-state index in [0.717, 1.165) is 44.5 Å². The summed E-state index contributed by atoms with van der Waals surface area (Å²) < 4.78 is 5.32. The summed E-state index contributed by atoms with van der Waals surface area (Å²) in [5.41, 5.74) is 0. The molecule has 0 aromatic heterocycles. The fourth-order valence-corrected chi connectivity index (χ4v) is 2.17. The number of amidine groups is 1.